The largest absolute Gasteiger partial charge is 0.506 e. The highest BCUT2D eigenvalue weighted by Crippen LogP contribution is 2.55. The quantitative estimate of drug-likeness (QED) is 0.478. The van der Waals surface area contributed by atoms with Crippen molar-refractivity contribution in [3.05, 3.63) is 95.7 Å². The number of carbonyl (C=O) groups is 1. The number of para-hydroxylation sites is 1. The molecular formula is C29H29N3O3. The molecule has 1 aliphatic heterocycles. The molecule has 6 heteroatoms. The van der Waals surface area contributed by atoms with Crippen LogP contribution in [-0.2, 0) is 16.8 Å². The summed E-state index contributed by atoms with van der Waals surface area (Å²) in [6.45, 7) is 0.387. The molecule has 1 fully saturated rings. The maximum atomic E-state index is 13.9. The molecule has 2 aliphatic rings. The third-order valence-electron chi connectivity index (χ3n) is 7.04. The SMILES string of the molecule is COc1ccc(CN2C(=O)C3(CCCC3)c3cc(C(C=CN)=Nc4ccccc4)cc(O)c32)cc1. The molecule has 35 heavy (non-hydrogen) atoms. The lowest BCUT2D eigenvalue weighted by molar-refractivity contribution is -0.123. The van der Waals surface area contributed by atoms with Gasteiger partial charge in [0, 0.05) is 5.56 Å². The van der Waals surface area contributed by atoms with Crippen LogP contribution >= 0.6 is 0 Å². The van der Waals surface area contributed by atoms with Crippen LogP contribution in [-0.4, -0.2) is 23.8 Å². The molecule has 1 spiro atoms. The van der Waals surface area contributed by atoms with E-state index < -0.39 is 5.41 Å². The zero-order valence-electron chi connectivity index (χ0n) is 19.8. The Balaban J connectivity index is 1.61. The summed E-state index contributed by atoms with van der Waals surface area (Å²) in [4.78, 5) is 20.4. The van der Waals surface area contributed by atoms with Crippen molar-refractivity contribution in [2.75, 3.05) is 12.0 Å². The van der Waals surface area contributed by atoms with Gasteiger partial charge in [0.15, 0.2) is 0 Å². The summed E-state index contributed by atoms with van der Waals surface area (Å²) in [6, 6.07) is 21.0. The maximum absolute atomic E-state index is 13.9. The molecule has 178 valence electrons. The van der Waals surface area contributed by atoms with Crippen LogP contribution in [0.15, 0.2) is 84.0 Å². The van der Waals surface area contributed by atoms with E-state index in [0.29, 0.717) is 17.9 Å². The number of aromatic hydroxyl groups is 1. The minimum atomic E-state index is -0.612. The van der Waals surface area contributed by atoms with Gasteiger partial charge in [-0.15, -0.1) is 0 Å². The number of benzene rings is 3. The van der Waals surface area contributed by atoms with Crippen LogP contribution in [0, 0.1) is 0 Å². The smallest absolute Gasteiger partial charge is 0.238 e. The molecule has 5 rings (SSSR count). The Morgan fingerprint density at radius 2 is 1.83 bits per heavy atom. The molecule has 1 aliphatic carbocycles. The summed E-state index contributed by atoms with van der Waals surface area (Å²) in [7, 11) is 1.63. The Kier molecular flexibility index (Phi) is 6.03. The molecule has 0 aromatic heterocycles. The van der Waals surface area contributed by atoms with Gasteiger partial charge in [-0.05, 0) is 72.6 Å². The topological polar surface area (TPSA) is 88.2 Å². The average Bonchev–Trinajstić information content (AvgIpc) is 3.46. The van der Waals surface area contributed by atoms with Crippen LogP contribution in [0.3, 0.4) is 0 Å². The molecule has 0 unspecified atom stereocenters. The third-order valence-corrected chi connectivity index (χ3v) is 7.04. The molecule has 6 nitrogen and oxygen atoms in total. The number of nitrogens with zero attached hydrogens (tertiary/aromatic N) is 2. The summed E-state index contributed by atoms with van der Waals surface area (Å²) in [5, 5.41) is 11.3. The van der Waals surface area contributed by atoms with Gasteiger partial charge in [0.05, 0.1) is 36.2 Å². The van der Waals surface area contributed by atoms with E-state index in [0.717, 1.165) is 53.8 Å². The zero-order chi connectivity index (χ0) is 24.4. The molecular weight excluding hydrogens is 438 g/mol. The lowest BCUT2D eigenvalue weighted by Gasteiger charge is -2.23. The first kappa shape index (κ1) is 22.7. The van der Waals surface area contributed by atoms with Crippen molar-refractivity contribution in [3.63, 3.8) is 0 Å². The fourth-order valence-corrected chi connectivity index (χ4v) is 5.35. The van der Waals surface area contributed by atoms with E-state index in [1.807, 2.05) is 60.7 Å². The molecule has 1 heterocycles. The number of methoxy groups -OCH3 is 1. The molecule has 1 amide bonds. The average molecular weight is 468 g/mol. The van der Waals surface area contributed by atoms with Gasteiger partial charge in [0.2, 0.25) is 5.91 Å². The Morgan fingerprint density at radius 1 is 1.11 bits per heavy atom. The summed E-state index contributed by atoms with van der Waals surface area (Å²) in [5.41, 5.74) is 9.74. The summed E-state index contributed by atoms with van der Waals surface area (Å²) in [6.07, 6.45) is 6.69. The number of amides is 1. The van der Waals surface area contributed by atoms with Crippen LogP contribution in [0.2, 0.25) is 0 Å². The Hall–Kier alpha value is -4.06. The maximum Gasteiger partial charge on any atom is 0.238 e. The highest BCUT2D eigenvalue weighted by atomic mass is 16.5. The van der Waals surface area contributed by atoms with E-state index in [1.165, 1.54) is 6.20 Å². The molecule has 3 N–H and O–H groups in total. The van der Waals surface area contributed by atoms with Crippen molar-refractivity contribution < 1.29 is 14.6 Å². The predicted molar refractivity (Wildman–Crippen MR) is 138 cm³/mol. The first-order chi connectivity index (χ1) is 17.1. The molecule has 1 saturated carbocycles. The fourth-order valence-electron chi connectivity index (χ4n) is 5.35. The molecule has 0 bridgehead atoms. The number of hydrogen-bond donors (Lipinski definition) is 2. The van der Waals surface area contributed by atoms with Gasteiger partial charge in [0.1, 0.15) is 11.5 Å². The highest BCUT2D eigenvalue weighted by molar-refractivity contribution is 6.14. The fraction of sp³-hybridized carbons (Fsp3) is 0.241. The highest BCUT2D eigenvalue weighted by Gasteiger charge is 2.53. The van der Waals surface area contributed by atoms with E-state index in [4.69, 9.17) is 15.5 Å². The van der Waals surface area contributed by atoms with Gasteiger partial charge >= 0.3 is 0 Å². The molecule has 0 radical (unpaired) electrons. The Labute approximate surface area is 205 Å². The Morgan fingerprint density at radius 3 is 2.49 bits per heavy atom. The normalized spacial score (nSPS) is 16.9. The third kappa shape index (κ3) is 4.05. The van der Waals surface area contributed by atoms with E-state index in [1.54, 1.807) is 24.2 Å². The second kappa shape index (κ2) is 9.29. The van der Waals surface area contributed by atoms with Crippen molar-refractivity contribution in [1.82, 2.24) is 0 Å². The Bertz CT molecular complexity index is 1290. The number of phenols is 1. The predicted octanol–water partition coefficient (Wildman–Crippen LogP) is 5.35. The summed E-state index contributed by atoms with van der Waals surface area (Å²) >= 11 is 0. The van der Waals surface area contributed by atoms with Crippen molar-refractivity contribution in [2.45, 2.75) is 37.6 Å². The summed E-state index contributed by atoms with van der Waals surface area (Å²) < 4.78 is 5.26. The van der Waals surface area contributed by atoms with Gasteiger partial charge < -0.3 is 20.5 Å². The zero-order valence-corrected chi connectivity index (χ0v) is 19.8. The minimum Gasteiger partial charge on any atom is -0.506 e. The number of carbonyl (C=O) groups excluding carboxylic acids is 1. The van der Waals surface area contributed by atoms with Gasteiger partial charge in [-0.3, -0.25) is 4.79 Å². The number of fused-ring (bicyclic) bond motifs is 2. The number of rotatable bonds is 6. The second-order valence-corrected chi connectivity index (χ2v) is 9.11. The van der Waals surface area contributed by atoms with Gasteiger partial charge in [-0.25, -0.2) is 4.99 Å². The number of phenolic OH excluding ortho intramolecular Hbond substituents is 1. The monoisotopic (exact) mass is 467 g/mol. The van der Waals surface area contributed by atoms with Crippen molar-refractivity contribution >= 4 is 23.0 Å². The lowest BCUT2D eigenvalue weighted by atomic mass is 9.79. The standard InChI is InChI=1S/C29H29N3O3/c1-35-23-11-9-20(10-12-23)19-32-27-24(29(28(32)34)14-5-6-15-29)17-21(18-26(27)33)25(13-16-30)31-22-7-3-2-4-8-22/h2-4,7-13,16-18,33H,5-6,14-15,19,30H2,1H3. The number of aliphatic imine (C=N–C) groups is 1. The molecule has 0 saturated heterocycles. The first-order valence-electron chi connectivity index (χ1n) is 11.9. The van der Waals surface area contributed by atoms with Gasteiger partial charge in [-0.2, -0.15) is 0 Å². The number of hydrogen-bond acceptors (Lipinski definition) is 5. The van der Waals surface area contributed by atoms with E-state index in [9.17, 15) is 9.90 Å². The lowest BCUT2D eigenvalue weighted by Crippen LogP contribution is -2.38. The van der Waals surface area contributed by atoms with Crippen molar-refractivity contribution in [1.29, 1.82) is 0 Å². The molecule has 3 aromatic rings. The van der Waals surface area contributed by atoms with E-state index >= 15 is 0 Å². The van der Waals surface area contributed by atoms with Crippen molar-refractivity contribution in [3.8, 4) is 11.5 Å². The van der Waals surface area contributed by atoms with Crippen LogP contribution in [0.5, 0.6) is 11.5 Å². The summed E-state index contributed by atoms with van der Waals surface area (Å²) in [5.74, 6) is 0.901. The minimum absolute atomic E-state index is 0.0594. The van der Waals surface area contributed by atoms with Crippen LogP contribution in [0.25, 0.3) is 0 Å². The van der Waals surface area contributed by atoms with Gasteiger partial charge in [-0.1, -0.05) is 43.2 Å². The van der Waals surface area contributed by atoms with Crippen LogP contribution in [0.4, 0.5) is 11.4 Å². The van der Waals surface area contributed by atoms with Crippen molar-refractivity contribution in [2.24, 2.45) is 10.7 Å². The second-order valence-electron chi connectivity index (χ2n) is 9.11. The number of ether oxygens (including phenoxy) is 1. The van der Waals surface area contributed by atoms with Gasteiger partial charge in [0.25, 0.3) is 0 Å². The molecule has 3 aromatic carbocycles. The molecule has 0 atom stereocenters. The first-order valence-corrected chi connectivity index (χ1v) is 11.9. The van der Waals surface area contributed by atoms with E-state index in [-0.39, 0.29) is 11.7 Å². The van der Waals surface area contributed by atoms with Crippen LogP contribution in [0.1, 0.15) is 42.4 Å². The number of anilines is 1. The van der Waals surface area contributed by atoms with E-state index in [2.05, 4.69) is 0 Å². The number of nitrogens with two attached hydrogens (primary N) is 1. The van der Waals surface area contributed by atoms with Crippen LogP contribution < -0.4 is 15.4 Å². The number of allylic oxidation sites excluding steroid dienone is 1.